The molecule has 2 rings (SSSR count). The van der Waals surface area contributed by atoms with Crippen molar-refractivity contribution in [1.29, 1.82) is 0 Å². The predicted molar refractivity (Wildman–Crippen MR) is 88.2 cm³/mol. The Hall–Kier alpha value is -2.50. The van der Waals surface area contributed by atoms with E-state index in [1.165, 1.54) is 0 Å². The smallest absolute Gasteiger partial charge is 0.271 e. The highest BCUT2D eigenvalue weighted by molar-refractivity contribution is 5.92. The summed E-state index contributed by atoms with van der Waals surface area (Å²) in [6.45, 7) is 5.23. The van der Waals surface area contributed by atoms with Crippen molar-refractivity contribution in [3.63, 3.8) is 0 Å². The van der Waals surface area contributed by atoms with Crippen molar-refractivity contribution in [1.82, 2.24) is 15.1 Å². The summed E-state index contributed by atoms with van der Waals surface area (Å²) in [6.07, 6.45) is 0.708. The number of hydrogen-bond acceptors (Lipinski definition) is 4. The van der Waals surface area contributed by atoms with Crippen molar-refractivity contribution in [2.24, 2.45) is 0 Å². The number of carbonyl (C=O) groups excluding carboxylic acids is 1. The molecule has 0 fully saturated rings. The minimum Gasteiger partial charge on any atom is -0.493 e. The van der Waals surface area contributed by atoms with E-state index >= 15 is 0 Å². The lowest BCUT2D eigenvalue weighted by molar-refractivity contribution is 0.0948. The molecule has 0 bridgehead atoms. The number of aryl methyl sites for hydroxylation is 2. The van der Waals surface area contributed by atoms with Crippen LogP contribution in [0.4, 0.5) is 0 Å². The van der Waals surface area contributed by atoms with Crippen LogP contribution in [0.15, 0.2) is 24.3 Å². The summed E-state index contributed by atoms with van der Waals surface area (Å²) in [4.78, 5) is 12.1. The van der Waals surface area contributed by atoms with Gasteiger partial charge in [-0.05, 0) is 44.0 Å². The third-order valence-corrected chi connectivity index (χ3v) is 3.66. The summed E-state index contributed by atoms with van der Waals surface area (Å²) >= 11 is 0. The maximum Gasteiger partial charge on any atom is 0.271 e. The highest BCUT2D eigenvalue weighted by atomic mass is 16.5. The van der Waals surface area contributed by atoms with Gasteiger partial charge < -0.3 is 14.8 Å². The Morgan fingerprint density at radius 1 is 1.22 bits per heavy atom. The van der Waals surface area contributed by atoms with Crippen LogP contribution in [0.2, 0.25) is 0 Å². The van der Waals surface area contributed by atoms with E-state index in [1.807, 2.05) is 36.7 Å². The first kappa shape index (κ1) is 16.9. The second kappa shape index (κ2) is 7.67. The molecule has 1 N–H and O–H groups in total. The Bertz CT molecular complexity index is 680. The van der Waals surface area contributed by atoms with Crippen LogP contribution in [0.3, 0.4) is 0 Å². The van der Waals surface area contributed by atoms with Crippen molar-refractivity contribution in [3.8, 4) is 11.5 Å². The topological polar surface area (TPSA) is 65.4 Å². The van der Waals surface area contributed by atoms with Gasteiger partial charge in [0.05, 0.1) is 14.2 Å². The van der Waals surface area contributed by atoms with Crippen molar-refractivity contribution >= 4 is 5.91 Å². The van der Waals surface area contributed by atoms with E-state index < -0.39 is 0 Å². The fraction of sp³-hybridized carbons (Fsp3) is 0.412. The standard InChI is InChI=1S/C17H23N3O3/c1-5-20-12(2)10-14(19-20)17(21)18-9-8-13-6-7-15(22-3)16(11-13)23-4/h6-7,10-11H,5,8-9H2,1-4H3,(H,18,21). The molecule has 1 amide bonds. The van der Waals surface area contributed by atoms with Crippen LogP contribution in [-0.2, 0) is 13.0 Å². The summed E-state index contributed by atoms with van der Waals surface area (Å²) in [5.74, 6) is 1.23. The Balaban J connectivity index is 1.92. The number of methoxy groups -OCH3 is 2. The zero-order chi connectivity index (χ0) is 16.8. The molecule has 124 valence electrons. The minimum atomic E-state index is -0.152. The first-order valence-corrected chi connectivity index (χ1v) is 7.62. The van der Waals surface area contributed by atoms with E-state index in [9.17, 15) is 4.79 Å². The summed E-state index contributed by atoms with van der Waals surface area (Å²) in [7, 11) is 3.21. The van der Waals surface area contributed by atoms with Gasteiger partial charge in [0.2, 0.25) is 0 Å². The molecule has 2 aromatic rings. The van der Waals surface area contributed by atoms with Crippen LogP contribution < -0.4 is 14.8 Å². The van der Waals surface area contributed by atoms with Crippen LogP contribution in [0.5, 0.6) is 11.5 Å². The van der Waals surface area contributed by atoms with E-state index in [-0.39, 0.29) is 5.91 Å². The molecular formula is C17H23N3O3. The number of hydrogen-bond donors (Lipinski definition) is 1. The summed E-state index contributed by atoms with van der Waals surface area (Å²) in [5.41, 5.74) is 2.51. The monoisotopic (exact) mass is 317 g/mol. The van der Waals surface area contributed by atoms with E-state index in [0.717, 1.165) is 17.8 Å². The third kappa shape index (κ3) is 4.03. The molecule has 0 aliphatic carbocycles. The van der Waals surface area contributed by atoms with Gasteiger partial charge in [0.15, 0.2) is 11.5 Å². The molecule has 23 heavy (non-hydrogen) atoms. The largest absolute Gasteiger partial charge is 0.493 e. The van der Waals surface area contributed by atoms with Crippen LogP contribution in [0.1, 0.15) is 28.7 Å². The second-order valence-electron chi connectivity index (χ2n) is 5.18. The number of aromatic nitrogens is 2. The zero-order valence-electron chi connectivity index (χ0n) is 14.0. The lowest BCUT2D eigenvalue weighted by Crippen LogP contribution is -2.26. The van der Waals surface area contributed by atoms with E-state index in [0.29, 0.717) is 30.2 Å². The number of rotatable bonds is 7. The minimum absolute atomic E-state index is 0.152. The van der Waals surface area contributed by atoms with Gasteiger partial charge in [-0.3, -0.25) is 9.48 Å². The summed E-state index contributed by atoms with van der Waals surface area (Å²) in [5, 5.41) is 7.16. The predicted octanol–water partition coefficient (Wildman–Crippen LogP) is 2.20. The molecule has 0 radical (unpaired) electrons. The molecule has 0 unspecified atom stereocenters. The number of amides is 1. The molecule has 6 nitrogen and oxygen atoms in total. The van der Waals surface area contributed by atoms with E-state index in [1.54, 1.807) is 20.3 Å². The molecule has 0 atom stereocenters. The van der Waals surface area contributed by atoms with Gasteiger partial charge in [-0.1, -0.05) is 6.07 Å². The fourth-order valence-electron chi connectivity index (χ4n) is 2.39. The lowest BCUT2D eigenvalue weighted by Gasteiger charge is -2.09. The molecule has 0 aliphatic heterocycles. The maximum atomic E-state index is 12.1. The molecule has 1 aromatic heterocycles. The number of nitrogens with one attached hydrogen (secondary N) is 1. The number of ether oxygens (including phenoxy) is 2. The fourth-order valence-corrected chi connectivity index (χ4v) is 2.39. The van der Waals surface area contributed by atoms with Gasteiger partial charge in [0.1, 0.15) is 5.69 Å². The highest BCUT2D eigenvalue weighted by Gasteiger charge is 2.11. The van der Waals surface area contributed by atoms with Crippen molar-refractivity contribution in [3.05, 3.63) is 41.2 Å². The molecule has 0 aliphatic rings. The van der Waals surface area contributed by atoms with Crippen LogP contribution in [-0.4, -0.2) is 36.5 Å². The maximum absolute atomic E-state index is 12.1. The van der Waals surface area contributed by atoms with Gasteiger partial charge >= 0.3 is 0 Å². The van der Waals surface area contributed by atoms with E-state index in [4.69, 9.17) is 9.47 Å². The first-order chi connectivity index (χ1) is 11.1. The second-order valence-corrected chi connectivity index (χ2v) is 5.18. The van der Waals surface area contributed by atoms with Gasteiger partial charge in [-0.15, -0.1) is 0 Å². The highest BCUT2D eigenvalue weighted by Crippen LogP contribution is 2.27. The molecule has 0 spiro atoms. The number of benzene rings is 1. The molecule has 0 saturated heterocycles. The quantitative estimate of drug-likeness (QED) is 0.850. The van der Waals surface area contributed by atoms with E-state index in [2.05, 4.69) is 10.4 Å². The van der Waals surface area contributed by atoms with Crippen molar-refractivity contribution in [2.45, 2.75) is 26.8 Å². The molecule has 0 saturated carbocycles. The Labute approximate surface area is 136 Å². The Morgan fingerprint density at radius 2 is 1.96 bits per heavy atom. The molecule has 1 aromatic carbocycles. The van der Waals surface area contributed by atoms with Crippen LogP contribution in [0, 0.1) is 6.92 Å². The van der Waals surface area contributed by atoms with Crippen molar-refractivity contribution in [2.75, 3.05) is 20.8 Å². The van der Waals surface area contributed by atoms with Gasteiger partial charge in [0.25, 0.3) is 5.91 Å². The average molecular weight is 317 g/mol. The first-order valence-electron chi connectivity index (χ1n) is 7.62. The normalized spacial score (nSPS) is 10.4. The lowest BCUT2D eigenvalue weighted by atomic mass is 10.1. The number of nitrogens with zero attached hydrogens (tertiary/aromatic N) is 2. The van der Waals surface area contributed by atoms with Crippen LogP contribution in [0.25, 0.3) is 0 Å². The summed E-state index contributed by atoms with van der Waals surface area (Å²) < 4.78 is 12.3. The Kier molecular flexibility index (Phi) is 5.62. The van der Waals surface area contributed by atoms with Gasteiger partial charge in [-0.25, -0.2) is 0 Å². The molecular weight excluding hydrogens is 294 g/mol. The molecule has 1 heterocycles. The number of carbonyl (C=O) groups is 1. The van der Waals surface area contributed by atoms with Gasteiger partial charge in [-0.2, -0.15) is 5.10 Å². The SMILES string of the molecule is CCn1nc(C(=O)NCCc2ccc(OC)c(OC)c2)cc1C. The van der Waals surface area contributed by atoms with Gasteiger partial charge in [0, 0.05) is 18.8 Å². The average Bonchev–Trinajstić information content (AvgIpc) is 2.95. The zero-order valence-corrected chi connectivity index (χ0v) is 14.0. The molecule has 6 heteroatoms. The van der Waals surface area contributed by atoms with Crippen LogP contribution >= 0.6 is 0 Å². The summed E-state index contributed by atoms with van der Waals surface area (Å²) in [6, 6.07) is 7.54. The third-order valence-electron chi connectivity index (χ3n) is 3.66. The Morgan fingerprint density at radius 3 is 2.57 bits per heavy atom. The van der Waals surface area contributed by atoms with Crippen molar-refractivity contribution < 1.29 is 14.3 Å².